The van der Waals surface area contributed by atoms with Crippen molar-refractivity contribution in [2.45, 2.75) is 32.1 Å². The van der Waals surface area contributed by atoms with Gasteiger partial charge in [-0.2, -0.15) is 5.10 Å². The van der Waals surface area contributed by atoms with Crippen LogP contribution in [0.25, 0.3) is 16.9 Å². The maximum Gasteiger partial charge on any atom is 0.282 e. The van der Waals surface area contributed by atoms with E-state index in [1.807, 2.05) is 12.1 Å². The lowest BCUT2D eigenvalue weighted by molar-refractivity contribution is -0.134. The summed E-state index contributed by atoms with van der Waals surface area (Å²) in [6.45, 7) is 3.26. The van der Waals surface area contributed by atoms with Gasteiger partial charge in [0, 0.05) is 56.5 Å². The third-order valence-electron chi connectivity index (χ3n) is 7.70. The molecule has 3 fully saturated rings. The van der Waals surface area contributed by atoms with E-state index < -0.39 is 16.4 Å². The molecule has 0 amide bonds. The van der Waals surface area contributed by atoms with Crippen molar-refractivity contribution in [1.29, 1.82) is 0 Å². The Morgan fingerprint density at radius 1 is 1.16 bits per heavy atom. The van der Waals surface area contributed by atoms with Crippen LogP contribution in [0.1, 0.15) is 37.8 Å². The number of halogens is 2. The van der Waals surface area contributed by atoms with Crippen LogP contribution < -0.4 is 14.5 Å². The number of carbonyl (C=O) groups is 1. The van der Waals surface area contributed by atoms with E-state index in [-0.39, 0.29) is 17.0 Å². The Bertz CT molecular complexity index is 1490. The normalized spacial score (nSPS) is 21.3. The number of nitrogens with zero attached hydrogens (tertiary/aromatic N) is 6. The van der Waals surface area contributed by atoms with Gasteiger partial charge in [-0.15, -0.1) is 0 Å². The van der Waals surface area contributed by atoms with E-state index in [0.717, 1.165) is 55.9 Å². The minimum atomic E-state index is -3.28. The molecular weight excluding hydrogens is 516 g/mol. The third-order valence-corrected chi connectivity index (χ3v) is 8.39. The van der Waals surface area contributed by atoms with Crippen molar-refractivity contribution in [3.05, 3.63) is 36.2 Å². The predicted molar refractivity (Wildman–Crippen MR) is 138 cm³/mol. The summed E-state index contributed by atoms with van der Waals surface area (Å²) in [5.41, 5.74) is 1.50. The molecule has 10 nitrogen and oxygen atoms in total. The van der Waals surface area contributed by atoms with Gasteiger partial charge in [0.05, 0.1) is 18.1 Å². The predicted octanol–water partition coefficient (Wildman–Crippen LogP) is 2.66. The zero-order valence-corrected chi connectivity index (χ0v) is 21.8. The number of imidazole rings is 1. The molecule has 0 bridgehead atoms. The summed E-state index contributed by atoms with van der Waals surface area (Å²) in [6, 6.07) is 6.64. The standard InChI is InChI=1S/C25H29F2N7O3S/c1-38(36,37)29-11-16-3-2-6-32(13-16)22-7-17(8-23(30-22)33-14-25(15-33)9-18(35)10-25)20-12-28-21-5-4-19(24(26)27)31-34(20)21/h4-5,7-8,12,16,24,29H,2-3,6,9-11,13-15H2,1H3. The molecule has 3 aliphatic rings. The largest absolute Gasteiger partial charge is 0.356 e. The zero-order chi connectivity index (χ0) is 26.7. The van der Waals surface area contributed by atoms with Crippen molar-refractivity contribution >= 4 is 33.1 Å². The molecule has 1 saturated carbocycles. The fraction of sp³-hybridized carbons (Fsp3) is 0.520. The van der Waals surface area contributed by atoms with Crippen LogP contribution in [-0.2, 0) is 14.8 Å². The van der Waals surface area contributed by atoms with E-state index in [2.05, 4.69) is 24.6 Å². The van der Waals surface area contributed by atoms with Gasteiger partial charge in [0.2, 0.25) is 10.0 Å². The second kappa shape index (κ2) is 9.23. The van der Waals surface area contributed by atoms with Gasteiger partial charge in [-0.3, -0.25) is 4.79 Å². The maximum absolute atomic E-state index is 13.4. The molecular formula is C25H29F2N7O3S. The first kappa shape index (κ1) is 25.1. The van der Waals surface area contributed by atoms with E-state index in [4.69, 9.17) is 4.98 Å². The Kier molecular flexibility index (Phi) is 6.10. The summed E-state index contributed by atoms with van der Waals surface area (Å²) in [4.78, 5) is 25.2. The summed E-state index contributed by atoms with van der Waals surface area (Å²) in [6.07, 6.45) is 3.08. The van der Waals surface area contributed by atoms with Crippen molar-refractivity contribution < 1.29 is 22.0 Å². The first-order valence-corrected chi connectivity index (χ1v) is 14.6. The highest BCUT2D eigenvalue weighted by molar-refractivity contribution is 7.88. The molecule has 1 N–H and O–H groups in total. The number of alkyl halides is 2. The highest BCUT2D eigenvalue weighted by atomic mass is 32.2. The number of hydrogen-bond donors (Lipinski definition) is 1. The number of piperidine rings is 1. The van der Waals surface area contributed by atoms with Crippen molar-refractivity contribution in [2.24, 2.45) is 11.3 Å². The Morgan fingerprint density at radius 2 is 1.89 bits per heavy atom. The summed E-state index contributed by atoms with van der Waals surface area (Å²) >= 11 is 0. The van der Waals surface area contributed by atoms with Crippen LogP contribution in [-0.4, -0.2) is 72.8 Å². The lowest BCUT2D eigenvalue weighted by Gasteiger charge is -2.55. The van der Waals surface area contributed by atoms with Crippen LogP contribution >= 0.6 is 0 Å². The Balaban J connectivity index is 1.34. The van der Waals surface area contributed by atoms with E-state index in [1.54, 1.807) is 6.20 Å². The molecule has 13 heteroatoms. The lowest BCUT2D eigenvalue weighted by Crippen LogP contribution is -2.63. The number of carbonyl (C=O) groups excluding carboxylic acids is 1. The number of fused-ring (bicyclic) bond motifs is 1. The van der Waals surface area contributed by atoms with Gasteiger partial charge in [0.25, 0.3) is 6.43 Å². The summed E-state index contributed by atoms with van der Waals surface area (Å²) in [5.74, 6) is 1.90. The van der Waals surface area contributed by atoms with Gasteiger partial charge in [0.15, 0.2) is 5.65 Å². The molecule has 3 aromatic rings. The number of ketones is 1. The quantitative estimate of drug-likeness (QED) is 0.482. The fourth-order valence-electron chi connectivity index (χ4n) is 5.82. The molecule has 1 unspecified atom stereocenters. The molecule has 1 atom stereocenters. The minimum absolute atomic E-state index is 0.0412. The van der Waals surface area contributed by atoms with Crippen LogP contribution in [0, 0.1) is 11.3 Å². The van der Waals surface area contributed by atoms with E-state index in [0.29, 0.717) is 43.1 Å². The SMILES string of the molecule is CS(=O)(=O)NCC1CCCN(c2cc(-c3cnc4ccc(C(F)F)nn34)cc(N3CC4(CC(=O)C4)C3)n2)C1. The minimum Gasteiger partial charge on any atom is -0.356 e. The number of aromatic nitrogens is 4. The topological polar surface area (TPSA) is 113 Å². The van der Waals surface area contributed by atoms with Crippen molar-refractivity contribution in [1.82, 2.24) is 24.3 Å². The first-order valence-electron chi connectivity index (χ1n) is 12.7. The van der Waals surface area contributed by atoms with E-state index in [9.17, 15) is 22.0 Å². The number of nitrogens with one attached hydrogen (secondary N) is 1. The van der Waals surface area contributed by atoms with Crippen molar-refractivity contribution in [3.63, 3.8) is 0 Å². The van der Waals surface area contributed by atoms with Crippen molar-refractivity contribution in [2.75, 3.05) is 48.8 Å². The highest BCUT2D eigenvalue weighted by Crippen LogP contribution is 2.47. The van der Waals surface area contributed by atoms with Gasteiger partial charge in [-0.25, -0.2) is 36.4 Å². The number of Topliss-reactive ketones (excluding diaryl/α,β-unsaturated/α-hetero) is 1. The number of rotatable bonds is 7. The smallest absolute Gasteiger partial charge is 0.282 e. The fourth-order valence-corrected chi connectivity index (χ4v) is 6.36. The van der Waals surface area contributed by atoms with Crippen LogP contribution in [0.3, 0.4) is 0 Å². The molecule has 5 heterocycles. The van der Waals surface area contributed by atoms with Gasteiger partial charge in [-0.1, -0.05) is 0 Å². The maximum atomic E-state index is 13.4. The number of pyridine rings is 1. The second-order valence-corrected chi connectivity index (χ2v) is 12.7. The Morgan fingerprint density at radius 3 is 2.58 bits per heavy atom. The molecule has 6 rings (SSSR count). The first-order chi connectivity index (χ1) is 18.1. The molecule has 3 aromatic heterocycles. The van der Waals surface area contributed by atoms with E-state index >= 15 is 0 Å². The number of sulfonamides is 1. The molecule has 0 aromatic carbocycles. The molecule has 2 aliphatic heterocycles. The van der Waals surface area contributed by atoms with Gasteiger partial charge < -0.3 is 9.80 Å². The summed E-state index contributed by atoms with van der Waals surface area (Å²) in [5, 5.41) is 4.13. The molecule has 1 aliphatic carbocycles. The molecule has 1 spiro atoms. The van der Waals surface area contributed by atoms with Gasteiger partial charge in [-0.05, 0) is 43.0 Å². The zero-order valence-electron chi connectivity index (χ0n) is 21.0. The molecule has 0 radical (unpaired) electrons. The average molecular weight is 546 g/mol. The second-order valence-electron chi connectivity index (χ2n) is 10.9. The van der Waals surface area contributed by atoms with Crippen LogP contribution in [0.5, 0.6) is 0 Å². The number of hydrogen-bond acceptors (Lipinski definition) is 8. The van der Waals surface area contributed by atoms with E-state index in [1.165, 1.54) is 16.6 Å². The Labute approximate surface area is 219 Å². The summed E-state index contributed by atoms with van der Waals surface area (Å²) in [7, 11) is -3.28. The van der Waals surface area contributed by atoms with Crippen LogP contribution in [0.2, 0.25) is 0 Å². The van der Waals surface area contributed by atoms with Gasteiger partial charge >= 0.3 is 0 Å². The molecule has 2 saturated heterocycles. The molecule has 38 heavy (non-hydrogen) atoms. The Hall–Kier alpha value is -3.19. The van der Waals surface area contributed by atoms with Crippen LogP contribution in [0.4, 0.5) is 20.4 Å². The summed E-state index contributed by atoms with van der Waals surface area (Å²) < 4.78 is 54.1. The number of anilines is 2. The van der Waals surface area contributed by atoms with Gasteiger partial charge in [0.1, 0.15) is 23.1 Å². The monoisotopic (exact) mass is 545 g/mol. The van der Waals surface area contributed by atoms with Crippen LogP contribution in [0.15, 0.2) is 30.5 Å². The average Bonchev–Trinajstić information content (AvgIpc) is 3.27. The third kappa shape index (κ3) is 4.84. The molecule has 202 valence electrons. The lowest BCUT2D eigenvalue weighted by atomic mass is 9.63. The highest BCUT2D eigenvalue weighted by Gasteiger charge is 2.52. The van der Waals surface area contributed by atoms with Crippen molar-refractivity contribution in [3.8, 4) is 11.3 Å².